The van der Waals surface area contributed by atoms with Gasteiger partial charge >= 0.3 is 0 Å². The first-order valence-electron chi connectivity index (χ1n) is 5.17. The van der Waals surface area contributed by atoms with Crippen molar-refractivity contribution in [3.05, 3.63) is 22.3 Å². The Hall–Kier alpha value is -0.0900. The predicted molar refractivity (Wildman–Crippen MR) is 70.8 cm³/mol. The zero-order chi connectivity index (χ0) is 10.8. The van der Waals surface area contributed by atoms with Crippen molar-refractivity contribution in [2.45, 2.75) is 25.8 Å². The van der Waals surface area contributed by atoms with Gasteiger partial charge in [0.1, 0.15) is 5.82 Å². The van der Waals surface area contributed by atoms with E-state index < -0.39 is 0 Å². The first kappa shape index (κ1) is 11.4. The van der Waals surface area contributed by atoms with E-state index in [1.807, 2.05) is 6.20 Å². The molecule has 15 heavy (non-hydrogen) atoms. The van der Waals surface area contributed by atoms with Crippen molar-refractivity contribution in [2.24, 2.45) is 0 Å². The van der Waals surface area contributed by atoms with Gasteiger partial charge in [-0.2, -0.15) is 0 Å². The minimum Gasteiger partial charge on any atom is -0.353 e. The quantitative estimate of drug-likeness (QED) is 0.770. The molecular weight excluding hydrogens is 320 g/mol. The standard InChI is InChI=1S/C11H14Br2N2/c1-8-5-9(13)7-14-11(8)15-4-2-3-10(15)6-12/h5,7,10H,2-4,6H2,1H3. The van der Waals surface area contributed by atoms with E-state index in [1.165, 1.54) is 18.4 Å². The Morgan fingerprint density at radius 3 is 3.07 bits per heavy atom. The van der Waals surface area contributed by atoms with Crippen molar-refractivity contribution in [2.75, 3.05) is 16.8 Å². The van der Waals surface area contributed by atoms with E-state index in [-0.39, 0.29) is 0 Å². The summed E-state index contributed by atoms with van der Waals surface area (Å²) in [6, 6.07) is 2.74. The number of nitrogens with zero attached hydrogens (tertiary/aromatic N) is 2. The van der Waals surface area contributed by atoms with E-state index in [2.05, 4.69) is 54.7 Å². The Bertz CT molecular complexity index is 354. The van der Waals surface area contributed by atoms with E-state index in [9.17, 15) is 0 Å². The molecule has 1 aromatic rings. The molecule has 0 amide bonds. The zero-order valence-corrected chi connectivity index (χ0v) is 11.9. The van der Waals surface area contributed by atoms with E-state index in [1.54, 1.807) is 0 Å². The van der Waals surface area contributed by atoms with Gasteiger partial charge in [0.25, 0.3) is 0 Å². The van der Waals surface area contributed by atoms with Crippen LogP contribution in [0.4, 0.5) is 5.82 Å². The normalized spacial score (nSPS) is 21.0. The second-order valence-electron chi connectivity index (χ2n) is 3.94. The molecule has 82 valence electrons. The molecule has 1 aliphatic heterocycles. The highest BCUT2D eigenvalue weighted by Crippen LogP contribution is 2.28. The van der Waals surface area contributed by atoms with Crippen LogP contribution in [0.25, 0.3) is 0 Å². The molecule has 1 fully saturated rings. The summed E-state index contributed by atoms with van der Waals surface area (Å²) in [6.45, 7) is 3.25. The maximum absolute atomic E-state index is 4.52. The molecule has 0 aromatic carbocycles. The summed E-state index contributed by atoms with van der Waals surface area (Å²) >= 11 is 7.02. The Kier molecular flexibility index (Phi) is 3.67. The van der Waals surface area contributed by atoms with Crippen molar-refractivity contribution in [1.29, 1.82) is 0 Å². The lowest BCUT2D eigenvalue weighted by Crippen LogP contribution is -2.31. The highest BCUT2D eigenvalue weighted by atomic mass is 79.9. The minimum absolute atomic E-state index is 0.609. The lowest BCUT2D eigenvalue weighted by molar-refractivity contribution is 0.739. The van der Waals surface area contributed by atoms with Crippen LogP contribution >= 0.6 is 31.9 Å². The smallest absolute Gasteiger partial charge is 0.131 e. The maximum Gasteiger partial charge on any atom is 0.131 e. The van der Waals surface area contributed by atoms with E-state index in [4.69, 9.17) is 0 Å². The van der Waals surface area contributed by atoms with Crippen LogP contribution in [0.15, 0.2) is 16.7 Å². The minimum atomic E-state index is 0.609. The van der Waals surface area contributed by atoms with Crippen molar-refractivity contribution < 1.29 is 0 Å². The molecular formula is C11H14Br2N2. The number of aromatic nitrogens is 1. The van der Waals surface area contributed by atoms with Crippen LogP contribution in [0.3, 0.4) is 0 Å². The second kappa shape index (κ2) is 4.83. The first-order valence-corrected chi connectivity index (χ1v) is 7.08. The number of hydrogen-bond donors (Lipinski definition) is 0. The van der Waals surface area contributed by atoms with Gasteiger partial charge in [-0.3, -0.25) is 0 Å². The van der Waals surface area contributed by atoms with E-state index in [0.29, 0.717) is 6.04 Å². The van der Waals surface area contributed by atoms with Crippen molar-refractivity contribution in [3.63, 3.8) is 0 Å². The van der Waals surface area contributed by atoms with Crippen molar-refractivity contribution in [1.82, 2.24) is 4.98 Å². The van der Waals surface area contributed by atoms with Gasteiger partial charge in [0, 0.05) is 28.6 Å². The number of pyridine rings is 1. The SMILES string of the molecule is Cc1cc(Br)cnc1N1CCCC1CBr. The van der Waals surface area contributed by atoms with Crippen molar-refractivity contribution >= 4 is 37.7 Å². The molecule has 1 aromatic heterocycles. The van der Waals surface area contributed by atoms with Gasteiger partial charge in [-0.1, -0.05) is 15.9 Å². The van der Waals surface area contributed by atoms with Crippen LogP contribution in [0.1, 0.15) is 18.4 Å². The van der Waals surface area contributed by atoms with E-state index in [0.717, 1.165) is 22.2 Å². The highest BCUT2D eigenvalue weighted by Gasteiger charge is 2.25. The zero-order valence-electron chi connectivity index (χ0n) is 8.71. The Morgan fingerprint density at radius 1 is 1.60 bits per heavy atom. The molecule has 0 aliphatic carbocycles. The molecule has 0 radical (unpaired) electrons. The molecule has 0 saturated carbocycles. The number of anilines is 1. The maximum atomic E-state index is 4.52. The molecule has 2 heterocycles. The fraction of sp³-hybridized carbons (Fsp3) is 0.545. The van der Waals surface area contributed by atoms with Gasteiger partial charge in [0.05, 0.1) is 0 Å². The summed E-state index contributed by atoms with van der Waals surface area (Å²) in [5, 5.41) is 1.03. The van der Waals surface area contributed by atoms with Gasteiger partial charge in [-0.05, 0) is 47.3 Å². The molecule has 1 unspecified atom stereocenters. The van der Waals surface area contributed by atoms with Gasteiger partial charge in [-0.25, -0.2) is 4.98 Å². The molecule has 1 aliphatic rings. The number of alkyl halides is 1. The third-order valence-corrected chi connectivity index (χ3v) is 4.03. The number of halogens is 2. The van der Waals surface area contributed by atoms with Gasteiger partial charge < -0.3 is 4.90 Å². The summed E-state index contributed by atoms with van der Waals surface area (Å²) in [6.07, 6.45) is 4.42. The van der Waals surface area contributed by atoms with Gasteiger partial charge in [0.15, 0.2) is 0 Å². The topological polar surface area (TPSA) is 16.1 Å². The number of hydrogen-bond acceptors (Lipinski definition) is 2. The molecule has 0 bridgehead atoms. The Labute approximate surface area is 107 Å². The second-order valence-corrected chi connectivity index (χ2v) is 5.50. The fourth-order valence-corrected chi connectivity index (χ4v) is 3.23. The third-order valence-electron chi connectivity index (χ3n) is 2.84. The first-order chi connectivity index (χ1) is 7.22. The van der Waals surface area contributed by atoms with Crippen LogP contribution in [0, 0.1) is 6.92 Å². The van der Waals surface area contributed by atoms with Gasteiger partial charge in [-0.15, -0.1) is 0 Å². The lowest BCUT2D eigenvalue weighted by Gasteiger charge is -2.25. The molecule has 1 saturated heterocycles. The fourth-order valence-electron chi connectivity index (χ4n) is 2.11. The predicted octanol–water partition coefficient (Wildman–Crippen LogP) is 3.52. The number of rotatable bonds is 2. The summed E-state index contributed by atoms with van der Waals surface area (Å²) in [7, 11) is 0. The summed E-state index contributed by atoms with van der Waals surface area (Å²) < 4.78 is 1.05. The average molecular weight is 334 g/mol. The molecule has 2 rings (SSSR count). The van der Waals surface area contributed by atoms with Crippen molar-refractivity contribution in [3.8, 4) is 0 Å². The van der Waals surface area contributed by atoms with Crippen LogP contribution in [-0.4, -0.2) is 22.9 Å². The van der Waals surface area contributed by atoms with Crippen LogP contribution < -0.4 is 4.90 Å². The van der Waals surface area contributed by atoms with Crippen LogP contribution in [0.5, 0.6) is 0 Å². The van der Waals surface area contributed by atoms with Crippen LogP contribution in [0.2, 0.25) is 0 Å². The molecule has 2 nitrogen and oxygen atoms in total. The van der Waals surface area contributed by atoms with Crippen LogP contribution in [-0.2, 0) is 0 Å². The third kappa shape index (κ3) is 2.36. The molecule has 1 atom stereocenters. The summed E-state index contributed by atoms with van der Waals surface area (Å²) in [5.41, 5.74) is 1.25. The summed E-state index contributed by atoms with van der Waals surface area (Å²) in [5.74, 6) is 1.14. The average Bonchev–Trinajstić information content (AvgIpc) is 2.65. The lowest BCUT2D eigenvalue weighted by atomic mass is 10.2. The monoisotopic (exact) mass is 332 g/mol. The number of aryl methyl sites for hydroxylation is 1. The molecule has 4 heteroatoms. The Balaban J connectivity index is 2.28. The molecule has 0 spiro atoms. The largest absolute Gasteiger partial charge is 0.353 e. The highest BCUT2D eigenvalue weighted by molar-refractivity contribution is 9.10. The van der Waals surface area contributed by atoms with Gasteiger partial charge in [0.2, 0.25) is 0 Å². The van der Waals surface area contributed by atoms with E-state index >= 15 is 0 Å². The Morgan fingerprint density at radius 2 is 2.40 bits per heavy atom. The summed E-state index contributed by atoms with van der Waals surface area (Å²) in [4.78, 5) is 6.93. The molecule has 0 N–H and O–H groups in total.